The number of hydrogen-bond acceptors (Lipinski definition) is 5. The zero-order chi connectivity index (χ0) is 23.3. The molecule has 1 atom stereocenters. The van der Waals surface area contributed by atoms with E-state index in [1.165, 1.54) is 38.5 Å². The van der Waals surface area contributed by atoms with Crippen molar-refractivity contribution in [3.8, 4) is 0 Å². The number of imide groups is 1. The molecule has 1 spiro atoms. The van der Waals surface area contributed by atoms with Gasteiger partial charge in [-0.1, -0.05) is 6.07 Å². The zero-order valence-corrected chi connectivity index (χ0v) is 19.9. The molecule has 1 saturated heterocycles. The van der Waals surface area contributed by atoms with Crippen LogP contribution in [-0.2, 0) is 16.6 Å². The molecule has 1 aromatic heterocycles. The third-order valence-electron chi connectivity index (χ3n) is 8.44. The van der Waals surface area contributed by atoms with Gasteiger partial charge in [-0.15, -0.1) is 0 Å². The molecule has 2 aliphatic carbocycles. The van der Waals surface area contributed by atoms with Crippen LogP contribution in [-0.4, -0.2) is 47.6 Å². The van der Waals surface area contributed by atoms with Crippen LogP contribution in [0.4, 0.5) is 5.69 Å². The molecule has 1 aliphatic heterocycles. The number of nitrogens with zero attached hydrogens (tertiary/aromatic N) is 3. The van der Waals surface area contributed by atoms with Gasteiger partial charge in [0.15, 0.2) is 0 Å². The number of imidazole rings is 1. The number of carbonyl (C=O) groups is 2. The van der Waals surface area contributed by atoms with E-state index in [0.29, 0.717) is 23.8 Å². The van der Waals surface area contributed by atoms with Gasteiger partial charge in [0.25, 0.3) is 0 Å². The molecule has 8 nitrogen and oxygen atoms in total. The van der Waals surface area contributed by atoms with Crippen LogP contribution in [0.5, 0.6) is 0 Å². The summed E-state index contributed by atoms with van der Waals surface area (Å²) < 4.78 is 3.21. The summed E-state index contributed by atoms with van der Waals surface area (Å²) in [5.41, 5.74) is 2.93. The van der Waals surface area contributed by atoms with E-state index in [9.17, 15) is 14.4 Å². The maximum Gasteiger partial charge on any atom is 0.329 e. The summed E-state index contributed by atoms with van der Waals surface area (Å²) in [6, 6.07) is 5.94. The number of benzene rings is 1. The second-order valence-corrected chi connectivity index (χ2v) is 10.5. The van der Waals surface area contributed by atoms with Gasteiger partial charge in [-0.2, -0.15) is 0 Å². The number of fused-ring (bicyclic) bond motifs is 1. The van der Waals surface area contributed by atoms with Crippen molar-refractivity contribution in [1.29, 1.82) is 0 Å². The fourth-order valence-corrected chi connectivity index (χ4v) is 6.66. The lowest BCUT2D eigenvalue weighted by atomic mass is 9.55. The molecule has 2 saturated carbocycles. The van der Waals surface area contributed by atoms with E-state index >= 15 is 0 Å². The molecule has 2 N–H and O–H groups in total. The van der Waals surface area contributed by atoms with E-state index in [1.807, 2.05) is 12.1 Å². The molecular formula is C25H35N5O3. The van der Waals surface area contributed by atoms with E-state index < -0.39 is 11.9 Å². The average Bonchev–Trinajstić information content (AvgIpc) is 3.03. The van der Waals surface area contributed by atoms with Gasteiger partial charge in [-0.05, 0) is 75.5 Å². The first-order valence-corrected chi connectivity index (χ1v) is 12.2. The summed E-state index contributed by atoms with van der Waals surface area (Å²) in [6.07, 6.45) is 8.41. The summed E-state index contributed by atoms with van der Waals surface area (Å²) in [4.78, 5) is 39.5. The van der Waals surface area contributed by atoms with Crippen LogP contribution >= 0.6 is 0 Å². The Morgan fingerprint density at radius 2 is 1.88 bits per heavy atom. The van der Waals surface area contributed by atoms with Crippen molar-refractivity contribution in [3.05, 3.63) is 28.7 Å². The lowest BCUT2D eigenvalue weighted by molar-refractivity contribution is -0.135. The molecule has 3 aliphatic rings. The van der Waals surface area contributed by atoms with Gasteiger partial charge in [-0.25, -0.2) is 4.79 Å². The number of rotatable bonds is 5. The number of anilines is 1. The molecule has 2 aromatic rings. The first-order chi connectivity index (χ1) is 15.8. The molecular weight excluding hydrogens is 418 g/mol. The smallest absolute Gasteiger partial charge is 0.329 e. The Balaban J connectivity index is 1.36. The quantitative estimate of drug-likeness (QED) is 0.679. The number of nitrogens with one attached hydrogen (secondary N) is 2. The van der Waals surface area contributed by atoms with Gasteiger partial charge >= 0.3 is 5.69 Å². The Labute approximate surface area is 194 Å². The van der Waals surface area contributed by atoms with Crippen molar-refractivity contribution in [3.63, 3.8) is 0 Å². The molecule has 2 amide bonds. The number of piperidine rings is 1. The van der Waals surface area contributed by atoms with Crippen molar-refractivity contribution in [2.45, 2.75) is 63.5 Å². The largest absolute Gasteiger partial charge is 0.373 e. The number of aryl methyl sites for hydroxylation is 1. The highest BCUT2D eigenvalue weighted by atomic mass is 16.2. The number of aromatic nitrogens is 2. The van der Waals surface area contributed by atoms with E-state index in [4.69, 9.17) is 0 Å². The lowest BCUT2D eigenvalue weighted by Crippen LogP contribution is -2.46. The molecule has 0 bridgehead atoms. The van der Waals surface area contributed by atoms with Gasteiger partial charge in [0, 0.05) is 33.1 Å². The van der Waals surface area contributed by atoms with Gasteiger partial charge in [0.2, 0.25) is 11.8 Å². The van der Waals surface area contributed by atoms with Crippen molar-refractivity contribution < 1.29 is 9.59 Å². The average molecular weight is 454 g/mol. The summed E-state index contributed by atoms with van der Waals surface area (Å²) in [7, 11) is 5.94. The standard InChI is InChI=1S/C25H35N5O3/c1-26-17-9-11-25(12-10-17)13-16(14-25)15-28(2)18-5-4-6-19-22(18)29(3)24(33)30(19)20-7-8-21(31)27-23(20)32/h4-6,16-17,20,26H,7-15H2,1-3H3,(H,27,31,32). The Bertz CT molecular complexity index is 1130. The monoisotopic (exact) mass is 453 g/mol. The number of hydrogen-bond donors (Lipinski definition) is 2. The van der Waals surface area contributed by atoms with Crippen LogP contribution < -0.4 is 21.2 Å². The highest BCUT2D eigenvalue weighted by molar-refractivity contribution is 6.00. The minimum Gasteiger partial charge on any atom is -0.373 e. The summed E-state index contributed by atoms with van der Waals surface area (Å²) in [5, 5.41) is 5.81. The molecule has 3 fully saturated rings. The molecule has 178 valence electrons. The van der Waals surface area contributed by atoms with Crippen molar-refractivity contribution in [2.24, 2.45) is 18.4 Å². The van der Waals surface area contributed by atoms with Crippen LogP contribution in [0.2, 0.25) is 0 Å². The van der Waals surface area contributed by atoms with E-state index in [-0.39, 0.29) is 18.0 Å². The summed E-state index contributed by atoms with van der Waals surface area (Å²) >= 11 is 0. The van der Waals surface area contributed by atoms with E-state index in [0.717, 1.165) is 23.3 Å². The minimum atomic E-state index is -0.654. The molecule has 5 rings (SSSR count). The predicted molar refractivity (Wildman–Crippen MR) is 128 cm³/mol. The van der Waals surface area contributed by atoms with Crippen LogP contribution in [0.25, 0.3) is 11.0 Å². The Hall–Kier alpha value is -2.61. The van der Waals surface area contributed by atoms with Crippen LogP contribution in [0, 0.1) is 11.3 Å². The van der Waals surface area contributed by atoms with Gasteiger partial charge in [0.05, 0.1) is 16.7 Å². The maximum atomic E-state index is 13.2. The van der Waals surface area contributed by atoms with Crippen LogP contribution in [0.3, 0.4) is 0 Å². The Kier molecular flexibility index (Phi) is 5.59. The minimum absolute atomic E-state index is 0.218. The highest BCUT2D eigenvalue weighted by Gasteiger charge is 2.46. The third-order valence-corrected chi connectivity index (χ3v) is 8.44. The predicted octanol–water partition coefficient (Wildman–Crippen LogP) is 2.31. The SMILES string of the molecule is CNC1CCC2(CC1)CC(CN(C)c1cccc3c1n(C)c(=O)n3C1CCC(=O)NC1=O)C2. The number of amides is 2. The second-order valence-electron chi connectivity index (χ2n) is 10.5. The second kappa shape index (κ2) is 8.31. The fraction of sp³-hybridized carbons (Fsp3) is 0.640. The van der Waals surface area contributed by atoms with Crippen molar-refractivity contribution in [2.75, 3.05) is 25.5 Å². The molecule has 8 heteroatoms. The number of carbonyl (C=O) groups excluding carboxylic acids is 2. The molecule has 0 radical (unpaired) electrons. The first kappa shape index (κ1) is 22.2. The fourth-order valence-electron chi connectivity index (χ4n) is 6.66. The Morgan fingerprint density at radius 1 is 1.15 bits per heavy atom. The molecule has 1 unspecified atom stereocenters. The highest BCUT2D eigenvalue weighted by Crippen LogP contribution is 2.55. The van der Waals surface area contributed by atoms with E-state index in [2.05, 4.69) is 35.7 Å². The summed E-state index contributed by atoms with van der Waals surface area (Å²) in [6.45, 7) is 0.966. The molecule has 2 heterocycles. The topological polar surface area (TPSA) is 88.4 Å². The molecule has 1 aromatic carbocycles. The third kappa shape index (κ3) is 3.78. The van der Waals surface area contributed by atoms with E-state index in [1.54, 1.807) is 16.2 Å². The van der Waals surface area contributed by atoms with Gasteiger partial charge in [-0.3, -0.25) is 24.0 Å². The Morgan fingerprint density at radius 3 is 2.55 bits per heavy atom. The first-order valence-electron chi connectivity index (χ1n) is 12.2. The lowest BCUT2D eigenvalue weighted by Gasteiger charge is -2.52. The summed E-state index contributed by atoms with van der Waals surface area (Å²) in [5.74, 6) is 0.000629. The van der Waals surface area contributed by atoms with Crippen LogP contribution in [0.1, 0.15) is 57.4 Å². The normalized spacial score (nSPS) is 29.8. The maximum absolute atomic E-state index is 13.2. The van der Waals surface area contributed by atoms with Crippen LogP contribution in [0.15, 0.2) is 23.0 Å². The molecule has 33 heavy (non-hydrogen) atoms. The van der Waals surface area contributed by atoms with Gasteiger partial charge in [0.1, 0.15) is 6.04 Å². The van der Waals surface area contributed by atoms with Gasteiger partial charge < -0.3 is 10.2 Å². The zero-order valence-electron chi connectivity index (χ0n) is 19.9. The van der Waals surface area contributed by atoms with Crippen molar-refractivity contribution >= 4 is 28.5 Å². The van der Waals surface area contributed by atoms with Crippen molar-refractivity contribution in [1.82, 2.24) is 19.8 Å². The number of para-hydroxylation sites is 1.